The van der Waals surface area contributed by atoms with Crippen molar-refractivity contribution in [1.29, 1.82) is 0 Å². The van der Waals surface area contributed by atoms with E-state index in [2.05, 4.69) is 15.5 Å². The lowest BCUT2D eigenvalue weighted by Crippen LogP contribution is -2.23. The summed E-state index contributed by atoms with van der Waals surface area (Å²) in [6, 6.07) is 9.29. The van der Waals surface area contributed by atoms with Gasteiger partial charge in [0.2, 0.25) is 11.7 Å². The summed E-state index contributed by atoms with van der Waals surface area (Å²) in [7, 11) is 0. The Balaban J connectivity index is 1.98. The zero-order valence-electron chi connectivity index (χ0n) is 14.1. The normalized spacial score (nSPS) is 11.2. The predicted molar refractivity (Wildman–Crippen MR) is 103 cm³/mol. The Kier molecular flexibility index (Phi) is 5.04. The van der Waals surface area contributed by atoms with Gasteiger partial charge >= 0.3 is 5.69 Å². The van der Waals surface area contributed by atoms with Crippen molar-refractivity contribution >= 4 is 40.4 Å². The summed E-state index contributed by atoms with van der Waals surface area (Å²) >= 11 is 5.84. The SMILES string of the molecule is CCn1c(N/N=C/c2cc(Cl)cc([N+](=O)[O-])c2O)nc2ccccc2c1=O. The molecule has 9 nitrogen and oxygen atoms in total. The maximum atomic E-state index is 12.5. The fourth-order valence-corrected chi connectivity index (χ4v) is 2.77. The minimum atomic E-state index is -0.744. The number of halogens is 1. The van der Waals surface area contributed by atoms with Crippen LogP contribution in [-0.2, 0) is 6.54 Å². The van der Waals surface area contributed by atoms with Gasteiger partial charge < -0.3 is 5.11 Å². The number of rotatable bonds is 5. The van der Waals surface area contributed by atoms with E-state index in [1.807, 2.05) is 0 Å². The average molecular weight is 388 g/mol. The van der Waals surface area contributed by atoms with Gasteiger partial charge in [-0.2, -0.15) is 5.10 Å². The topological polar surface area (TPSA) is 123 Å². The van der Waals surface area contributed by atoms with Gasteiger partial charge in [0.1, 0.15) is 0 Å². The largest absolute Gasteiger partial charge is 0.502 e. The van der Waals surface area contributed by atoms with E-state index in [0.29, 0.717) is 17.4 Å². The summed E-state index contributed by atoms with van der Waals surface area (Å²) in [5, 5.41) is 25.4. The Bertz CT molecular complexity index is 1130. The Morgan fingerprint density at radius 3 is 2.85 bits per heavy atom. The van der Waals surface area contributed by atoms with Gasteiger partial charge in [0, 0.05) is 23.2 Å². The molecule has 2 aromatic carbocycles. The second-order valence-corrected chi connectivity index (χ2v) is 5.93. The molecule has 0 atom stereocenters. The van der Waals surface area contributed by atoms with E-state index < -0.39 is 16.4 Å². The highest BCUT2D eigenvalue weighted by Gasteiger charge is 2.17. The first-order valence-electron chi connectivity index (χ1n) is 7.88. The number of anilines is 1. The number of phenols is 1. The molecule has 0 aliphatic carbocycles. The molecule has 138 valence electrons. The third-order valence-corrected chi connectivity index (χ3v) is 4.05. The van der Waals surface area contributed by atoms with Crippen molar-refractivity contribution in [3.05, 3.63) is 67.5 Å². The number of para-hydroxylation sites is 1. The Labute approximate surface area is 157 Å². The van der Waals surface area contributed by atoms with Crippen LogP contribution >= 0.6 is 11.6 Å². The number of nitrogens with one attached hydrogen (secondary N) is 1. The van der Waals surface area contributed by atoms with Crippen LogP contribution in [0.2, 0.25) is 5.02 Å². The standard InChI is InChI=1S/C17H14ClN5O4/c1-2-22-16(25)12-5-3-4-6-13(12)20-17(22)21-19-9-10-7-11(18)8-14(15(10)24)23(26)27/h3-9,24H,2H2,1H3,(H,20,21)/b19-9+. The molecule has 0 spiro atoms. The van der Waals surface area contributed by atoms with Gasteiger partial charge in [0.05, 0.1) is 22.0 Å². The number of fused-ring (bicyclic) bond motifs is 1. The van der Waals surface area contributed by atoms with Crippen LogP contribution in [0.4, 0.5) is 11.6 Å². The van der Waals surface area contributed by atoms with Crippen LogP contribution in [0.15, 0.2) is 46.3 Å². The highest BCUT2D eigenvalue weighted by molar-refractivity contribution is 6.31. The van der Waals surface area contributed by atoms with E-state index in [4.69, 9.17) is 11.6 Å². The van der Waals surface area contributed by atoms with Crippen LogP contribution in [-0.4, -0.2) is 25.8 Å². The molecule has 0 saturated heterocycles. The van der Waals surface area contributed by atoms with E-state index in [1.165, 1.54) is 10.6 Å². The van der Waals surface area contributed by atoms with Gasteiger partial charge in [-0.3, -0.25) is 19.5 Å². The van der Waals surface area contributed by atoms with Crippen LogP contribution in [0.25, 0.3) is 10.9 Å². The molecule has 0 unspecified atom stereocenters. The summed E-state index contributed by atoms with van der Waals surface area (Å²) in [6.45, 7) is 2.15. The van der Waals surface area contributed by atoms with Crippen LogP contribution in [0.5, 0.6) is 5.75 Å². The van der Waals surface area contributed by atoms with Crippen molar-refractivity contribution < 1.29 is 10.0 Å². The van der Waals surface area contributed by atoms with Crippen LogP contribution in [0.3, 0.4) is 0 Å². The molecule has 0 fully saturated rings. The quantitative estimate of drug-likeness (QED) is 0.394. The fraction of sp³-hybridized carbons (Fsp3) is 0.118. The summed E-state index contributed by atoms with van der Waals surface area (Å²) < 4.78 is 1.40. The molecular weight excluding hydrogens is 374 g/mol. The van der Waals surface area contributed by atoms with E-state index in [1.54, 1.807) is 31.2 Å². The minimum absolute atomic E-state index is 0.0490. The van der Waals surface area contributed by atoms with Gasteiger partial charge in [0.25, 0.3) is 5.56 Å². The zero-order valence-corrected chi connectivity index (χ0v) is 14.8. The highest BCUT2D eigenvalue weighted by Crippen LogP contribution is 2.32. The molecule has 27 heavy (non-hydrogen) atoms. The van der Waals surface area contributed by atoms with Gasteiger partial charge in [-0.1, -0.05) is 23.7 Å². The molecular formula is C17H14ClN5O4. The van der Waals surface area contributed by atoms with E-state index in [9.17, 15) is 20.0 Å². The second-order valence-electron chi connectivity index (χ2n) is 5.49. The number of phenolic OH excluding ortho intramolecular Hbond substituents is 1. The third-order valence-electron chi connectivity index (χ3n) is 3.83. The number of nitro benzene ring substituents is 1. The van der Waals surface area contributed by atoms with Gasteiger partial charge in [-0.15, -0.1) is 0 Å². The predicted octanol–water partition coefficient (Wildman–Crippen LogP) is 3.13. The van der Waals surface area contributed by atoms with Crippen molar-refractivity contribution in [3.63, 3.8) is 0 Å². The van der Waals surface area contributed by atoms with Crippen molar-refractivity contribution in [2.24, 2.45) is 5.10 Å². The van der Waals surface area contributed by atoms with Crippen molar-refractivity contribution in [2.75, 3.05) is 5.43 Å². The number of aromatic hydroxyl groups is 1. The molecule has 3 aromatic rings. The number of nitrogens with zero attached hydrogens (tertiary/aromatic N) is 4. The smallest absolute Gasteiger partial charge is 0.312 e. The van der Waals surface area contributed by atoms with E-state index >= 15 is 0 Å². The van der Waals surface area contributed by atoms with Crippen molar-refractivity contribution in [2.45, 2.75) is 13.5 Å². The van der Waals surface area contributed by atoms with E-state index in [0.717, 1.165) is 12.3 Å². The van der Waals surface area contributed by atoms with Crippen molar-refractivity contribution in [3.8, 4) is 5.75 Å². The highest BCUT2D eigenvalue weighted by atomic mass is 35.5. The summed E-state index contributed by atoms with van der Waals surface area (Å²) in [5.41, 5.74) is 2.44. The number of hydrogen-bond donors (Lipinski definition) is 2. The molecule has 0 aliphatic heterocycles. The molecule has 0 bridgehead atoms. The monoisotopic (exact) mass is 387 g/mol. The zero-order chi connectivity index (χ0) is 19.6. The lowest BCUT2D eigenvalue weighted by Gasteiger charge is -2.10. The summed E-state index contributed by atoms with van der Waals surface area (Å²) in [6.07, 6.45) is 1.16. The first-order valence-corrected chi connectivity index (χ1v) is 8.25. The molecule has 0 radical (unpaired) electrons. The van der Waals surface area contributed by atoms with Crippen LogP contribution in [0.1, 0.15) is 12.5 Å². The molecule has 3 rings (SSSR count). The Hall–Kier alpha value is -3.46. The summed E-state index contributed by atoms with van der Waals surface area (Å²) in [5.74, 6) is -0.359. The average Bonchev–Trinajstić information content (AvgIpc) is 2.64. The number of aromatic nitrogens is 2. The molecule has 2 N–H and O–H groups in total. The van der Waals surface area contributed by atoms with Crippen LogP contribution < -0.4 is 11.0 Å². The van der Waals surface area contributed by atoms with Gasteiger partial charge in [-0.05, 0) is 25.1 Å². The Morgan fingerprint density at radius 2 is 2.15 bits per heavy atom. The van der Waals surface area contributed by atoms with Gasteiger partial charge in [0.15, 0.2) is 0 Å². The number of hydrogen-bond acceptors (Lipinski definition) is 7. The molecule has 10 heteroatoms. The number of benzene rings is 2. The van der Waals surface area contributed by atoms with Gasteiger partial charge in [-0.25, -0.2) is 10.4 Å². The molecule has 1 heterocycles. The van der Waals surface area contributed by atoms with E-state index in [-0.39, 0.29) is 22.1 Å². The maximum Gasteiger partial charge on any atom is 0.312 e. The lowest BCUT2D eigenvalue weighted by atomic mass is 10.2. The fourth-order valence-electron chi connectivity index (χ4n) is 2.55. The molecule has 1 aromatic heterocycles. The third kappa shape index (κ3) is 3.58. The van der Waals surface area contributed by atoms with Crippen molar-refractivity contribution in [1.82, 2.24) is 9.55 Å². The van der Waals surface area contributed by atoms with Crippen LogP contribution in [0, 0.1) is 10.1 Å². The minimum Gasteiger partial charge on any atom is -0.502 e. The molecule has 0 saturated carbocycles. The number of hydrazone groups is 1. The second kappa shape index (κ2) is 7.42. The first kappa shape index (κ1) is 18.3. The lowest BCUT2D eigenvalue weighted by molar-refractivity contribution is -0.385. The molecule has 0 aliphatic rings. The Morgan fingerprint density at radius 1 is 1.41 bits per heavy atom. The molecule has 0 amide bonds. The number of nitro groups is 1. The maximum absolute atomic E-state index is 12.5. The first-order chi connectivity index (χ1) is 12.9. The summed E-state index contributed by atoms with van der Waals surface area (Å²) in [4.78, 5) is 27.1.